The van der Waals surface area contributed by atoms with E-state index in [1.54, 1.807) is 6.07 Å². The van der Waals surface area contributed by atoms with Gasteiger partial charge >= 0.3 is 0 Å². The van der Waals surface area contributed by atoms with Crippen LogP contribution in [0.25, 0.3) is 0 Å². The van der Waals surface area contributed by atoms with Gasteiger partial charge in [0.05, 0.1) is 11.6 Å². The first kappa shape index (κ1) is 9.25. The molecule has 0 spiro atoms. The van der Waals surface area contributed by atoms with Crippen molar-refractivity contribution >= 4 is 38.5 Å². The Labute approximate surface area is 86.2 Å². The predicted molar refractivity (Wildman–Crippen MR) is 53.4 cm³/mol. The first-order valence-electron chi connectivity index (χ1n) is 2.83. The molecule has 1 aromatic rings. The highest BCUT2D eigenvalue weighted by molar-refractivity contribution is 14.1. The lowest BCUT2D eigenvalue weighted by Gasteiger charge is -2.02. The maximum atomic E-state index is 12.9. The van der Waals surface area contributed by atoms with Crippen molar-refractivity contribution in [3.8, 4) is 5.75 Å². The molecule has 0 N–H and O–H groups in total. The van der Waals surface area contributed by atoms with Crippen molar-refractivity contribution in [1.29, 1.82) is 0 Å². The minimum absolute atomic E-state index is 0.297. The summed E-state index contributed by atoms with van der Waals surface area (Å²) in [5.74, 6) is 0.240. The molecule has 0 radical (unpaired) electrons. The monoisotopic (exact) mass is 330 g/mol. The second kappa shape index (κ2) is 3.71. The first-order chi connectivity index (χ1) is 5.15. The van der Waals surface area contributed by atoms with E-state index >= 15 is 0 Å². The topological polar surface area (TPSA) is 9.23 Å². The molecule has 1 aromatic carbocycles. The van der Waals surface area contributed by atoms with E-state index in [2.05, 4.69) is 15.9 Å². The molecule has 1 rings (SSSR count). The average molecular weight is 331 g/mol. The fourth-order valence-electron chi connectivity index (χ4n) is 0.650. The Balaban J connectivity index is 3.21. The highest BCUT2D eigenvalue weighted by Crippen LogP contribution is 2.27. The summed E-state index contributed by atoms with van der Waals surface area (Å²) in [7, 11) is 1.51. The zero-order chi connectivity index (χ0) is 8.43. The largest absolute Gasteiger partial charge is 0.497 e. The number of hydrogen-bond acceptors (Lipinski definition) is 1. The molecule has 0 saturated carbocycles. The second-order valence-corrected chi connectivity index (χ2v) is 3.86. The van der Waals surface area contributed by atoms with Crippen molar-refractivity contribution in [1.82, 2.24) is 0 Å². The van der Waals surface area contributed by atoms with Crippen LogP contribution in [0.1, 0.15) is 0 Å². The van der Waals surface area contributed by atoms with Crippen molar-refractivity contribution in [2.75, 3.05) is 7.11 Å². The Morgan fingerprint density at radius 2 is 2.18 bits per heavy atom. The lowest BCUT2D eigenvalue weighted by Crippen LogP contribution is -1.87. The van der Waals surface area contributed by atoms with E-state index in [0.717, 1.165) is 3.57 Å². The maximum Gasteiger partial charge on any atom is 0.142 e. The molecule has 0 aromatic heterocycles. The van der Waals surface area contributed by atoms with Gasteiger partial charge < -0.3 is 4.74 Å². The van der Waals surface area contributed by atoms with Gasteiger partial charge in [-0.3, -0.25) is 0 Å². The van der Waals surface area contributed by atoms with Gasteiger partial charge in [-0.25, -0.2) is 4.39 Å². The van der Waals surface area contributed by atoms with E-state index in [-0.39, 0.29) is 5.82 Å². The van der Waals surface area contributed by atoms with Crippen molar-refractivity contribution in [3.05, 3.63) is 26.0 Å². The molecule has 0 fully saturated rings. The van der Waals surface area contributed by atoms with Crippen molar-refractivity contribution in [2.24, 2.45) is 0 Å². The Hall–Kier alpha value is 0.160. The quantitative estimate of drug-likeness (QED) is 0.567. The number of hydrogen-bond donors (Lipinski definition) is 0. The number of ether oxygens (including phenoxy) is 1. The molecule has 0 amide bonds. The van der Waals surface area contributed by atoms with E-state index in [4.69, 9.17) is 4.74 Å². The van der Waals surface area contributed by atoms with E-state index in [0.29, 0.717) is 10.2 Å². The summed E-state index contributed by atoms with van der Waals surface area (Å²) >= 11 is 5.14. The standard InChI is InChI=1S/C7H5BrFIO/c1-11-4-2-5(9)7(8)6(10)3-4/h2-3H,1H3. The fourth-order valence-corrected chi connectivity index (χ4v) is 1.44. The van der Waals surface area contributed by atoms with Crippen molar-refractivity contribution in [2.45, 2.75) is 0 Å². The minimum Gasteiger partial charge on any atom is -0.497 e. The van der Waals surface area contributed by atoms with Gasteiger partial charge in [0, 0.05) is 9.64 Å². The van der Waals surface area contributed by atoms with Crippen LogP contribution in [-0.4, -0.2) is 7.11 Å². The van der Waals surface area contributed by atoms with Gasteiger partial charge in [0.2, 0.25) is 0 Å². The number of methoxy groups -OCH3 is 1. The Morgan fingerprint density at radius 1 is 1.55 bits per heavy atom. The van der Waals surface area contributed by atoms with Crippen LogP contribution in [0.15, 0.2) is 16.6 Å². The molecular formula is C7H5BrFIO. The summed E-state index contributed by atoms with van der Waals surface area (Å²) in [6, 6.07) is 3.10. The lowest BCUT2D eigenvalue weighted by molar-refractivity contribution is 0.410. The van der Waals surface area contributed by atoms with Gasteiger partial charge in [0.15, 0.2) is 0 Å². The third-order valence-corrected chi connectivity index (χ3v) is 3.59. The molecule has 0 aliphatic rings. The van der Waals surface area contributed by atoms with E-state index in [9.17, 15) is 4.39 Å². The summed E-state index contributed by atoms with van der Waals surface area (Å²) in [4.78, 5) is 0. The number of rotatable bonds is 1. The molecule has 1 nitrogen and oxygen atoms in total. The summed E-state index contributed by atoms with van der Waals surface area (Å²) < 4.78 is 19.1. The predicted octanol–water partition coefficient (Wildman–Crippen LogP) is 3.20. The first-order valence-corrected chi connectivity index (χ1v) is 4.71. The normalized spacial score (nSPS) is 9.82. The van der Waals surface area contributed by atoms with Crippen LogP contribution >= 0.6 is 38.5 Å². The zero-order valence-electron chi connectivity index (χ0n) is 5.70. The van der Waals surface area contributed by atoms with Gasteiger partial charge in [0.25, 0.3) is 0 Å². The minimum atomic E-state index is -0.297. The summed E-state index contributed by atoms with van der Waals surface area (Å²) in [6.07, 6.45) is 0. The van der Waals surface area contributed by atoms with Crippen LogP contribution in [0.4, 0.5) is 4.39 Å². The fraction of sp³-hybridized carbons (Fsp3) is 0.143. The van der Waals surface area contributed by atoms with Gasteiger partial charge in [0.1, 0.15) is 11.6 Å². The summed E-state index contributed by atoms with van der Waals surface area (Å²) in [5.41, 5.74) is 0. The van der Waals surface area contributed by atoms with Gasteiger partial charge in [-0.05, 0) is 44.6 Å². The molecule has 11 heavy (non-hydrogen) atoms. The van der Waals surface area contributed by atoms with Crippen LogP contribution in [0, 0.1) is 9.39 Å². The number of benzene rings is 1. The molecule has 0 heterocycles. The number of halogens is 3. The lowest BCUT2D eigenvalue weighted by atomic mass is 10.3. The van der Waals surface area contributed by atoms with Crippen LogP contribution in [0.5, 0.6) is 5.75 Å². The molecule has 0 saturated heterocycles. The van der Waals surface area contributed by atoms with Crippen molar-refractivity contribution in [3.63, 3.8) is 0 Å². The van der Waals surface area contributed by atoms with Crippen LogP contribution in [0.2, 0.25) is 0 Å². The van der Waals surface area contributed by atoms with Gasteiger partial charge in [-0.1, -0.05) is 0 Å². The molecule has 4 heteroatoms. The van der Waals surface area contributed by atoms with Gasteiger partial charge in [-0.15, -0.1) is 0 Å². The second-order valence-electron chi connectivity index (χ2n) is 1.91. The molecule has 0 atom stereocenters. The van der Waals surface area contributed by atoms with Crippen LogP contribution in [0.3, 0.4) is 0 Å². The van der Waals surface area contributed by atoms with Crippen molar-refractivity contribution < 1.29 is 9.13 Å². The third kappa shape index (κ3) is 2.05. The highest BCUT2D eigenvalue weighted by Gasteiger charge is 2.05. The average Bonchev–Trinajstić information content (AvgIpc) is 1.99. The van der Waals surface area contributed by atoms with E-state index in [1.807, 2.05) is 22.6 Å². The summed E-state index contributed by atoms with van der Waals surface area (Å²) in [5, 5.41) is 0. The Kier molecular flexibility index (Phi) is 3.12. The molecular weight excluding hydrogens is 326 g/mol. The van der Waals surface area contributed by atoms with Crippen LogP contribution < -0.4 is 4.74 Å². The molecule has 0 aliphatic carbocycles. The highest BCUT2D eigenvalue weighted by atomic mass is 127. The smallest absolute Gasteiger partial charge is 0.142 e. The SMILES string of the molecule is COc1cc(F)c(Br)c(I)c1. The molecule has 60 valence electrons. The van der Waals surface area contributed by atoms with Crippen LogP contribution in [-0.2, 0) is 0 Å². The third-order valence-electron chi connectivity index (χ3n) is 1.19. The molecule has 0 unspecified atom stereocenters. The Bertz CT molecular complexity index is 254. The Morgan fingerprint density at radius 3 is 2.64 bits per heavy atom. The summed E-state index contributed by atoms with van der Waals surface area (Å²) in [6.45, 7) is 0. The zero-order valence-corrected chi connectivity index (χ0v) is 9.44. The van der Waals surface area contributed by atoms with Gasteiger partial charge in [-0.2, -0.15) is 0 Å². The molecule has 0 aliphatic heterocycles. The van der Waals surface area contributed by atoms with E-state index in [1.165, 1.54) is 13.2 Å². The molecule has 0 bridgehead atoms. The van der Waals surface area contributed by atoms with E-state index < -0.39 is 0 Å². The maximum absolute atomic E-state index is 12.9.